The van der Waals surface area contributed by atoms with Crippen LogP contribution < -0.4 is 5.32 Å². The highest BCUT2D eigenvalue weighted by molar-refractivity contribution is 7.16. The largest absolute Gasteiger partial charge is 0.346 e. The van der Waals surface area contributed by atoms with E-state index in [2.05, 4.69) is 36.2 Å². The van der Waals surface area contributed by atoms with Crippen molar-refractivity contribution in [1.29, 1.82) is 0 Å². The summed E-state index contributed by atoms with van der Waals surface area (Å²) < 4.78 is 1.85. The summed E-state index contributed by atoms with van der Waals surface area (Å²) in [7, 11) is 0. The number of aryl methyl sites for hydroxylation is 2. The average Bonchev–Trinajstić information content (AvgIpc) is 3.09. The van der Waals surface area contributed by atoms with Gasteiger partial charge in [0.1, 0.15) is 5.01 Å². The lowest BCUT2D eigenvalue weighted by molar-refractivity contribution is 0.0950. The van der Waals surface area contributed by atoms with E-state index in [9.17, 15) is 4.79 Å². The van der Waals surface area contributed by atoms with Crippen molar-refractivity contribution in [2.75, 3.05) is 0 Å². The molecule has 0 saturated carbocycles. The van der Waals surface area contributed by atoms with Gasteiger partial charge in [-0.2, -0.15) is 5.10 Å². The lowest BCUT2D eigenvalue weighted by Crippen LogP contribution is -2.24. The highest BCUT2D eigenvalue weighted by atomic mass is 32.1. The van der Waals surface area contributed by atoms with Gasteiger partial charge >= 0.3 is 0 Å². The fourth-order valence-electron chi connectivity index (χ4n) is 2.56. The molecule has 1 aromatic carbocycles. The summed E-state index contributed by atoms with van der Waals surface area (Å²) in [6, 6.07) is 7.77. The van der Waals surface area contributed by atoms with Crippen LogP contribution in [-0.4, -0.2) is 20.5 Å². The molecule has 0 aliphatic rings. The second-order valence-electron chi connectivity index (χ2n) is 6.15. The highest BCUT2D eigenvalue weighted by Crippen LogP contribution is 2.19. The number of fused-ring (bicyclic) bond motifs is 1. The summed E-state index contributed by atoms with van der Waals surface area (Å²) >= 11 is 1.60. The van der Waals surface area contributed by atoms with Gasteiger partial charge < -0.3 is 5.32 Å². The Balaban J connectivity index is 1.74. The number of nitrogens with zero attached hydrogens (tertiary/aromatic N) is 3. The van der Waals surface area contributed by atoms with Gasteiger partial charge in [-0.05, 0) is 37.0 Å². The van der Waals surface area contributed by atoms with E-state index in [0.717, 1.165) is 27.8 Å². The minimum absolute atomic E-state index is 0.0781. The normalized spacial score (nSPS) is 11.4. The van der Waals surface area contributed by atoms with E-state index in [4.69, 9.17) is 0 Å². The smallest absolute Gasteiger partial charge is 0.251 e. The average molecular weight is 342 g/mol. The number of hydrogen-bond acceptors (Lipinski definition) is 4. The van der Waals surface area contributed by atoms with Gasteiger partial charge in [-0.25, -0.2) is 9.50 Å². The van der Waals surface area contributed by atoms with Crippen molar-refractivity contribution in [1.82, 2.24) is 19.9 Å². The Morgan fingerprint density at radius 1 is 1.29 bits per heavy atom. The number of hydrogen-bond donors (Lipinski definition) is 1. The molecule has 126 valence electrons. The third kappa shape index (κ3) is 3.19. The van der Waals surface area contributed by atoms with Crippen molar-refractivity contribution in [2.24, 2.45) is 0 Å². The van der Waals surface area contributed by atoms with Crippen LogP contribution in [0.1, 0.15) is 59.0 Å². The van der Waals surface area contributed by atoms with Crippen LogP contribution in [0.3, 0.4) is 0 Å². The summed E-state index contributed by atoms with van der Waals surface area (Å²) in [4.78, 5) is 17.8. The first-order valence-electron chi connectivity index (χ1n) is 8.21. The quantitative estimate of drug-likeness (QED) is 0.769. The molecule has 2 aromatic heterocycles. The molecule has 2 heterocycles. The maximum absolute atomic E-state index is 12.4. The number of aromatic nitrogens is 3. The van der Waals surface area contributed by atoms with Gasteiger partial charge in [0.15, 0.2) is 0 Å². The second kappa shape index (κ2) is 6.73. The molecule has 0 spiro atoms. The molecule has 0 aliphatic carbocycles. The number of nitrogens with one attached hydrogen (secondary N) is 1. The molecule has 0 radical (unpaired) electrons. The minimum Gasteiger partial charge on any atom is -0.346 e. The Kier molecular flexibility index (Phi) is 4.66. The molecule has 0 atom stereocenters. The van der Waals surface area contributed by atoms with Crippen molar-refractivity contribution in [3.63, 3.8) is 0 Å². The van der Waals surface area contributed by atoms with Crippen LogP contribution in [0.5, 0.6) is 0 Å². The molecule has 1 N–H and O–H groups in total. The second-order valence-corrected chi connectivity index (χ2v) is 7.19. The molecule has 0 bridgehead atoms. The van der Waals surface area contributed by atoms with Gasteiger partial charge in [0.2, 0.25) is 4.96 Å². The van der Waals surface area contributed by atoms with E-state index < -0.39 is 0 Å². The third-order valence-corrected chi connectivity index (χ3v) is 5.15. The predicted octanol–water partition coefficient (Wildman–Crippen LogP) is 3.72. The van der Waals surface area contributed by atoms with Gasteiger partial charge in [-0.3, -0.25) is 4.79 Å². The Morgan fingerprint density at radius 2 is 2.00 bits per heavy atom. The van der Waals surface area contributed by atoms with E-state index in [0.29, 0.717) is 18.0 Å². The highest BCUT2D eigenvalue weighted by Gasteiger charge is 2.14. The summed E-state index contributed by atoms with van der Waals surface area (Å²) in [5, 5.41) is 8.58. The number of amides is 1. The van der Waals surface area contributed by atoms with E-state index >= 15 is 0 Å². The van der Waals surface area contributed by atoms with Gasteiger partial charge in [-0.1, -0.05) is 44.2 Å². The zero-order chi connectivity index (χ0) is 17.3. The van der Waals surface area contributed by atoms with Gasteiger partial charge in [0.05, 0.1) is 17.9 Å². The maximum atomic E-state index is 12.4. The zero-order valence-corrected chi connectivity index (χ0v) is 15.3. The lowest BCUT2D eigenvalue weighted by Gasteiger charge is -2.08. The topological polar surface area (TPSA) is 59.3 Å². The first-order chi connectivity index (χ1) is 11.5. The molecule has 5 nitrogen and oxygen atoms in total. The zero-order valence-electron chi connectivity index (χ0n) is 14.5. The SMILES string of the molecule is CCc1nn2c(CNC(=O)c3ccc(C(C)C)cc3)c(C)nc2s1. The van der Waals surface area contributed by atoms with Crippen LogP contribution >= 0.6 is 11.3 Å². The fourth-order valence-corrected chi connectivity index (χ4v) is 3.46. The van der Waals surface area contributed by atoms with Crippen molar-refractivity contribution >= 4 is 22.2 Å². The van der Waals surface area contributed by atoms with E-state index in [1.165, 1.54) is 5.56 Å². The summed E-state index contributed by atoms with van der Waals surface area (Å²) in [6.07, 6.45) is 0.890. The molecule has 6 heteroatoms. The van der Waals surface area contributed by atoms with Crippen LogP contribution in [0, 0.1) is 6.92 Å². The van der Waals surface area contributed by atoms with Crippen LogP contribution in [0.4, 0.5) is 0 Å². The molecule has 0 unspecified atom stereocenters. The molecular weight excluding hydrogens is 320 g/mol. The molecule has 3 rings (SSSR count). The number of carbonyl (C=O) groups excluding carboxylic acids is 1. The van der Waals surface area contributed by atoms with Crippen molar-refractivity contribution in [2.45, 2.75) is 46.6 Å². The van der Waals surface area contributed by atoms with E-state index in [1.807, 2.05) is 35.7 Å². The molecule has 3 aromatic rings. The van der Waals surface area contributed by atoms with E-state index in [-0.39, 0.29) is 5.91 Å². The van der Waals surface area contributed by atoms with Crippen LogP contribution in [0.15, 0.2) is 24.3 Å². The monoisotopic (exact) mass is 342 g/mol. The van der Waals surface area contributed by atoms with E-state index in [1.54, 1.807) is 11.3 Å². The van der Waals surface area contributed by atoms with Gasteiger partial charge in [-0.15, -0.1) is 0 Å². The van der Waals surface area contributed by atoms with Crippen molar-refractivity contribution < 1.29 is 4.79 Å². The molecule has 0 aliphatic heterocycles. The predicted molar refractivity (Wildman–Crippen MR) is 96.7 cm³/mol. The summed E-state index contributed by atoms with van der Waals surface area (Å²) in [5.74, 6) is 0.382. The molecule has 1 amide bonds. The standard InChI is InChI=1S/C18H22N4OS/c1-5-16-21-22-15(12(4)20-18(22)24-16)10-19-17(23)14-8-6-13(7-9-14)11(2)3/h6-9,11H,5,10H2,1-4H3,(H,19,23). The molecule has 0 fully saturated rings. The maximum Gasteiger partial charge on any atom is 0.251 e. The Labute approximate surface area is 145 Å². The number of benzene rings is 1. The Hall–Kier alpha value is -2.21. The van der Waals surface area contributed by atoms with Crippen LogP contribution in [-0.2, 0) is 13.0 Å². The number of imidazole rings is 1. The summed E-state index contributed by atoms with van der Waals surface area (Å²) in [6.45, 7) is 8.73. The fraction of sp³-hybridized carbons (Fsp3) is 0.389. The first kappa shape index (κ1) is 16.6. The van der Waals surface area contributed by atoms with Crippen molar-refractivity contribution in [3.05, 3.63) is 51.8 Å². The molecule has 24 heavy (non-hydrogen) atoms. The van der Waals surface area contributed by atoms with Crippen LogP contribution in [0.2, 0.25) is 0 Å². The first-order valence-corrected chi connectivity index (χ1v) is 9.03. The van der Waals surface area contributed by atoms with Crippen molar-refractivity contribution in [3.8, 4) is 0 Å². The summed E-state index contributed by atoms with van der Waals surface area (Å²) in [5.41, 5.74) is 3.75. The number of rotatable bonds is 5. The Bertz CT molecular complexity index is 861. The molecule has 0 saturated heterocycles. The third-order valence-electron chi connectivity index (χ3n) is 4.10. The Morgan fingerprint density at radius 3 is 2.62 bits per heavy atom. The molecular formula is C18H22N4OS. The van der Waals surface area contributed by atoms with Gasteiger partial charge in [0.25, 0.3) is 5.91 Å². The lowest BCUT2D eigenvalue weighted by atomic mass is 10.0. The van der Waals surface area contributed by atoms with Crippen LogP contribution in [0.25, 0.3) is 4.96 Å². The number of carbonyl (C=O) groups is 1. The minimum atomic E-state index is -0.0781. The van der Waals surface area contributed by atoms with Gasteiger partial charge in [0, 0.05) is 5.56 Å².